The lowest BCUT2D eigenvalue weighted by Gasteiger charge is -2.30. The minimum atomic E-state index is 0. The van der Waals surface area contributed by atoms with E-state index in [1.807, 2.05) is 18.2 Å². The highest BCUT2D eigenvalue weighted by atomic mass is 35.5. The number of aromatic nitrogens is 1. The fourth-order valence-corrected chi connectivity index (χ4v) is 2.97. The molecule has 1 fully saturated rings. The first-order chi connectivity index (χ1) is 9.25. The summed E-state index contributed by atoms with van der Waals surface area (Å²) in [5.74, 6) is 1.41. The zero-order valence-corrected chi connectivity index (χ0v) is 14.5. The largest absolute Gasteiger partial charge is 0.351 e. The molecule has 1 aliphatic rings. The van der Waals surface area contributed by atoms with Gasteiger partial charge in [0.05, 0.1) is 11.4 Å². The molecule has 0 aromatic carbocycles. The van der Waals surface area contributed by atoms with Crippen molar-refractivity contribution < 1.29 is 4.79 Å². The first-order valence-electron chi connectivity index (χ1n) is 6.76. The first-order valence-corrected chi connectivity index (χ1v) is 7.91. The smallest absolute Gasteiger partial charge is 0.230 e. The number of nitrogens with zero attached hydrogens (tertiary/aromatic N) is 1. The van der Waals surface area contributed by atoms with E-state index in [9.17, 15) is 4.79 Å². The Kier molecular flexibility index (Phi) is 10.9. The quantitative estimate of drug-likeness (QED) is 0.855. The predicted octanol–water partition coefficient (Wildman–Crippen LogP) is 2.42. The maximum absolute atomic E-state index is 11.9. The standard InChI is InChI=1S/C14H21N3OS.2ClH/c1-11-13(6-4-8-15-11)17-14(18)10-19-9-12-5-2-3-7-16-12;;/h2-3,5,7,11,13,15H,4,6,8-10H2,1H3,(H,17,18);2*1H. The van der Waals surface area contributed by atoms with Crippen molar-refractivity contribution >= 4 is 42.5 Å². The van der Waals surface area contributed by atoms with Crippen LogP contribution in [-0.4, -0.2) is 35.3 Å². The van der Waals surface area contributed by atoms with Crippen LogP contribution in [0.5, 0.6) is 0 Å². The van der Waals surface area contributed by atoms with Crippen LogP contribution in [0.1, 0.15) is 25.5 Å². The average molecular weight is 352 g/mol. The van der Waals surface area contributed by atoms with Gasteiger partial charge in [-0.05, 0) is 38.4 Å². The molecule has 2 atom stereocenters. The molecule has 0 bridgehead atoms. The molecule has 120 valence electrons. The van der Waals surface area contributed by atoms with Crippen LogP contribution in [0.25, 0.3) is 0 Å². The number of nitrogens with one attached hydrogen (secondary N) is 2. The fraction of sp³-hybridized carbons (Fsp3) is 0.571. The Bertz CT molecular complexity index is 408. The van der Waals surface area contributed by atoms with Crippen molar-refractivity contribution in [3.8, 4) is 0 Å². The van der Waals surface area contributed by atoms with Gasteiger partial charge < -0.3 is 10.6 Å². The predicted molar refractivity (Wildman–Crippen MR) is 93.5 cm³/mol. The molecule has 2 unspecified atom stereocenters. The molecule has 2 N–H and O–H groups in total. The van der Waals surface area contributed by atoms with Gasteiger partial charge >= 0.3 is 0 Å². The van der Waals surface area contributed by atoms with Gasteiger partial charge in [0.2, 0.25) is 5.91 Å². The van der Waals surface area contributed by atoms with E-state index in [0.717, 1.165) is 30.8 Å². The Balaban J connectivity index is 0.00000200. The van der Waals surface area contributed by atoms with Crippen molar-refractivity contribution in [1.82, 2.24) is 15.6 Å². The summed E-state index contributed by atoms with van der Waals surface area (Å²) in [6.07, 6.45) is 3.99. The van der Waals surface area contributed by atoms with E-state index in [0.29, 0.717) is 11.8 Å². The number of pyridine rings is 1. The lowest BCUT2D eigenvalue weighted by molar-refractivity contribution is -0.119. The third kappa shape index (κ3) is 7.36. The van der Waals surface area contributed by atoms with E-state index in [1.165, 1.54) is 0 Å². The molecule has 2 rings (SSSR count). The van der Waals surface area contributed by atoms with Crippen molar-refractivity contribution in [2.24, 2.45) is 0 Å². The molecule has 1 aliphatic heterocycles. The van der Waals surface area contributed by atoms with E-state index < -0.39 is 0 Å². The van der Waals surface area contributed by atoms with Gasteiger partial charge in [0.25, 0.3) is 0 Å². The molecule has 4 nitrogen and oxygen atoms in total. The number of hydrogen-bond acceptors (Lipinski definition) is 4. The van der Waals surface area contributed by atoms with Crippen molar-refractivity contribution in [1.29, 1.82) is 0 Å². The van der Waals surface area contributed by atoms with Crippen LogP contribution >= 0.6 is 36.6 Å². The molecule has 1 amide bonds. The highest BCUT2D eigenvalue weighted by molar-refractivity contribution is 7.99. The normalized spacial score (nSPS) is 20.8. The maximum Gasteiger partial charge on any atom is 0.230 e. The van der Waals surface area contributed by atoms with E-state index in [1.54, 1.807) is 18.0 Å². The molecule has 1 saturated heterocycles. The average Bonchev–Trinajstić information content (AvgIpc) is 2.43. The highest BCUT2D eigenvalue weighted by Crippen LogP contribution is 2.11. The Labute approximate surface area is 143 Å². The van der Waals surface area contributed by atoms with Gasteiger partial charge in [0, 0.05) is 24.0 Å². The molecule has 0 saturated carbocycles. The number of carbonyl (C=O) groups is 1. The van der Waals surface area contributed by atoms with Gasteiger partial charge in [0.15, 0.2) is 0 Å². The lowest BCUT2D eigenvalue weighted by atomic mass is 10.00. The molecule has 1 aromatic rings. The van der Waals surface area contributed by atoms with Crippen LogP contribution in [-0.2, 0) is 10.5 Å². The number of amides is 1. The summed E-state index contributed by atoms with van der Waals surface area (Å²) in [5.41, 5.74) is 1.02. The van der Waals surface area contributed by atoms with Gasteiger partial charge in [-0.2, -0.15) is 0 Å². The summed E-state index contributed by atoms with van der Waals surface area (Å²) < 4.78 is 0. The number of piperidine rings is 1. The van der Waals surface area contributed by atoms with Crippen molar-refractivity contribution in [2.45, 2.75) is 37.6 Å². The van der Waals surface area contributed by atoms with Crippen molar-refractivity contribution in [3.63, 3.8) is 0 Å². The fourth-order valence-electron chi connectivity index (χ4n) is 2.22. The number of hydrogen-bond donors (Lipinski definition) is 2. The Morgan fingerprint density at radius 2 is 2.29 bits per heavy atom. The number of thioether (sulfide) groups is 1. The summed E-state index contributed by atoms with van der Waals surface area (Å²) in [5, 5.41) is 6.50. The topological polar surface area (TPSA) is 54.0 Å². The first kappa shape index (κ1) is 20.5. The Morgan fingerprint density at radius 3 is 2.95 bits per heavy atom. The third-order valence-corrected chi connectivity index (χ3v) is 4.28. The zero-order valence-electron chi connectivity index (χ0n) is 12.1. The van der Waals surface area contributed by atoms with Gasteiger partial charge in [-0.25, -0.2) is 0 Å². The Morgan fingerprint density at radius 1 is 1.48 bits per heavy atom. The molecular formula is C14H23Cl2N3OS. The minimum Gasteiger partial charge on any atom is -0.351 e. The van der Waals surface area contributed by atoms with Crippen molar-refractivity contribution in [3.05, 3.63) is 30.1 Å². The van der Waals surface area contributed by atoms with Crippen molar-refractivity contribution in [2.75, 3.05) is 12.3 Å². The van der Waals surface area contributed by atoms with Crippen LogP contribution in [0.4, 0.5) is 0 Å². The lowest BCUT2D eigenvalue weighted by Crippen LogP contribution is -2.52. The molecule has 0 radical (unpaired) electrons. The maximum atomic E-state index is 11.9. The molecule has 1 aromatic heterocycles. The second-order valence-electron chi connectivity index (χ2n) is 4.87. The third-order valence-electron chi connectivity index (χ3n) is 3.32. The summed E-state index contributed by atoms with van der Waals surface area (Å²) in [7, 11) is 0. The van der Waals surface area contributed by atoms with E-state index >= 15 is 0 Å². The monoisotopic (exact) mass is 351 g/mol. The SMILES string of the molecule is CC1NCCCC1NC(=O)CSCc1ccccn1.Cl.Cl. The van der Waals surface area contributed by atoms with Gasteiger partial charge in [0.1, 0.15) is 0 Å². The van der Waals surface area contributed by atoms with Crippen LogP contribution < -0.4 is 10.6 Å². The van der Waals surface area contributed by atoms with Crippen LogP contribution in [0.15, 0.2) is 24.4 Å². The van der Waals surface area contributed by atoms with E-state index in [2.05, 4.69) is 22.5 Å². The summed E-state index contributed by atoms with van der Waals surface area (Å²) in [6.45, 7) is 3.19. The molecule has 7 heteroatoms. The van der Waals surface area contributed by atoms with Gasteiger partial charge in [-0.15, -0.1) is 36.6 Å². The Hall–Kier alpha value is -0.490. The second-order valence-corrected chi connectivity index (χ2v) is 5.86. The minimum absolute atomic E-state index is 0. The summed E-state index contributed by atoms with van der Waals surface area (Å²) in [4.78, 5) is 16.1. The van der Waals surface area contributed by atoms with Crippen LogP contribution in [0.3, 0.4) is 0 Å². The highest BCUT2D eigenvalue weighted by Gasteiger charge is 2.21. The van der Waals surface area contributed by atoms with Crippen LogP contribution in [0, 0.1) is 0 Å². The number of carbonyl (C=O) groups excluding carboxylic acids is 1. The zero-order chi connectivity index (χ0) is 13.5. The van der Waals surface area contributed by atoms with Crippen LogP contribution in [0.2, 0.25) is 0 Å². The molecule has 21 heavy (non-hydrogen) atoms. The number of halogens is 2. The summed E-state index contributed by atoms with van der Waals surface area (Å²) >= 11 is 1.61. The molecular weight excluding hydrogens is 329 g/mol. The molecule has 0 spiro atoms. The molecule has 0 aliphatic carbocycles. The van der Waals surface area contributed by atoms with Gasteiger partial charge in [-0.3, -0.25) is 9.78 Å². The second kappa shape index (κ2) is 11.1. The van der Waals surface area contributed by atoms with E-state index in [4.69, 9.17) is 0 Å². The van der Waals surface area contributed by atoms with Gasteiger partial charge in [-0.1, -0.05) is 6.07 Å². The summed E-state index contributed by atoms with van der Waals surface area (Å²) in [6, 6.07) is 6.50. The molecule has 2 heterocycles. The van der Waals surface area contributed by atoms with E-state index in [-0.39, 0.29) is 36.8 Å². The number of rotatable bonds is 5.